The Hall–Kier alpha value is -2.76. The largest absolute Gasteiger partial charge is 0.485 e. The summed E-state index contributed by atoms with van der Waals surface area (Å²) in [4.78, 5) is 15.0. The Morgan fingerprint density at radius 1 is 1.33 bits per heavy atom. The van der Waals surface area contributed by atoms with Crippen LogP contribution in [0.25, 0.3) is 0 Å². The molecule has 3 rings (SSSR count). The van der Waals surface area contributed by atoms with Crippen LogP contribution < -0.4 is 14.2 Å². The maximum Gasteiger partial charge on any atom is 0.335 e. The van der Waals surface area contributed by atoms with Gasteiger partial charge >= 0.3 is 5.97 Å². The van der Waals surface area contributed by atoms with Crippen molar-refractivity contribution in [1.82, 2.24) is 4.98 Å². The van der Waals surface area contributed by atoms with Crippen LogP contribution in [-0.2, 0) is 0 Å². The zero-order valence-electron chi connectivity index (χ0n) is 11.3. The first-order chi connectivity index (χ1) is 10.2. The van der Waals surface area contributed by atoms with Crippen LogP contribution in [0, 0.1) is 0 Å². The average Bonchev–Trinajstić information content (AvgIpc) is 2.54. The monoisotopic (exact) mass is 287 g/mol. The van der Waals surface area contributed by atoms with Crippen molar-refractivity contribution in [2.75, 3.05) is 13.7 Å². The summed E-state index contributed by atoms with van der Waals surface area (Å²) in [7, 11) is 1.55. The molecule has 0 amide bonds. The molecule has 1 aromatic heterocycles. The number of aromatic carboxylic acids is 1. The van der Waals surface area contributed by atoms with Crippen molar-refractivity contribution in [3.63, 3.8) is 0 Å². The van der Waals surface area contributed by atoms with Gasteiger partial charge in [-0.3, -0.25) is 0 Å². The summed E-state index contributed by atoms with van der Waals surface area (Å²) in [5.74, 6) is 0.490. The maximum absolute atomic E-state index is 10.9. The van der Waals surface area contributed by atoms with Crippen molar-refractivity contribution in [1.29, 1.82) is 0 Å². The minimum absolute atomic E-state index is 0.168. The van der Waals surface area contributed by atoms with E-state index in [2.05, 4.69) is 4.98 Å². The van der Waals surface area contributed by atoms with Crippen molar-refractivity contribution in [3.05, 3.63) is 47.7 Å². The number of hydrogen-bond donors (Lipinski definition) is 1. The molecule has 0 radical (unpaired) electrons. The van der Waals surface area contributed by atoms with Crippen molar-refractivity contribution >= 4 is 5.97 Å². The van der Waals surface area contributed by atoms with Crippen LogP contribution in [-0.4, -0.2) is 29.8 Å². The van der Waals surface area contributed by atoms with Crippen LogP contribution in [0.5, 0.6) is 17.4 Å². The van der Waals surface area contributed by atoms with E-state index in [-0.39, 0.29) is 11.7 Å². The first-order valence-electron chi connectivity index (χ1n) is 6.34. The predicted octanol–water partition coefficient (Wildman–Crippen LogP) is 2.30. The van der Waals surface area contributed by atoms with E-state index >= 15 is 0 Å². The van der Waals surface area contributed by atoms with Gasteiger partial charge in [0, 0.05) is 17.8 Å². The number of hydrogen-bond acceptors (Lipinski definition) is 5. The van der Waals surface area contributed by atoms with E-state index in [1.807, 2.05) is 6.07 Å². The number of carboxylic acids is 1. The SMILES string of the molecule is COc1ccc(C2COc3cc(C(=O)O)ccc3O2)cn1. The molecule has 1 aliphatic rings. The van der Waals surface area contributed by atoms with Gasteiger partial charge in [0.25, 0.3) is 0 Å². The van der Waals surface area contributed by atoms with E-state index in [0.29, 0.717) is 24.0 Å². The number of carboxylic acid groups (broad SMARTS) is 1. The molecule has 21 heavy (non-hydrogen) atoms. The molecule has 108 valence electrons. The number of benzene rings is 1. The molecular weight excluding hydrogens is 274 g/mol. The number of methoxy groups -OCH3 is 1. The quantitative estimate of drug-likeness (QED) is 0.933. The molecule has 0 saturated heterocycles. The van der Waals surface area contributed by atoms with Gasteiger partial charge in [0.1, 0.15) is 6.61 Å². The third kappa shape index (κ3) is 2.60. The van der Waals surface area contributed by atoms with Crippen molar-refractivity contribution in [3.8, 4) is 17.4 Å². The van der Waals surface area contributed by atoms with E-state index in [9.17, 15) is 4.79 Å². The molecule has 1 N–H and O–H groups in total. The van der Waals surface area contributed by atoms with Gasteiger partial charge < -0.3 is 19.3 Å². The number of aromatic nitrogens is 1. The molecule has 6 heteroatoms. The third-order valence-corrected chi connectivity index (χ3v) is 3.19. The molecule has 0 aliphatic carbocycles. The molecule has 2 aromatic rings. The summed E-state index contributed by atoms with van der Waals surface area (Å²) in [5.41, 5.74) is 1.03. The summed E-state index contributed by atoms with van der Waals surface area (Å²) in [6.07, 6.45) is 1.38. The highest BCUT2D eigenvalue weighted by molar-refractivity contribution is 5.88. The molecule has 2 heterocycles. The smallest absolute Gasteiger partial charge is 0.335 e. The molecule has 1 aliphatic heterocycles. The lowest BCUT2D eigenvalue weighted by molar-refractivity contribution is 0.0692. The van der Waals surface area contributed by atoms with Crippen LogP contribution >= 0.6 is 0 Å². The summed E-state index contributed by atoms with van der Waals surface area (Å²) in [6.45, 7) is 0.296. The van der Waals surface area contributed by atoms with Crippen LogP contribution in [0.1, 0.15) is 22.0 Å². The zero-order valence-corrected chi connectivity index (χ0v) is 11.3. The van der Waals surface area contributed by atoms with E-state index in [0.717, 1.165) is 5.56 Å². The van der Waals surface area contributed by atoms with Crippen LogP contribution in [0.15, 0.2) is 36.5 Å². The van der Waals surface area contributed by atoms with E-state index in [4.69, 9.17) is 19.3 Å². The highest BCUT2D eigenvalue weighted by Gasteiger charge is 2.24. The number of nitrogens with zero attached hydrogens (tertiary/aromatic N) is 1. The molecule has 6 nitrogen and oxygen atoms in total. The molecule has 1 atom stereocenters. The van der Waals surface area contributed by atoms with Crippen LogP contribution in [0.4, 0.5) is 0 Å². The van der Waals surface area contributed by atoms with E-state index in [1.165, 1.54) is 12.1 Å². The topological polar surface area (TPSA) is 77.9 Å². The number of rotatable bonds is 3. The van der Waals surface area contributed by atoms with Gasteiger partial charge in [0.05, 0.1) is 12.7 Å². The maximum atomic E-state index is 10.9. The molecular formula is C15H13NO5. The van der Waals surface area contributed by atoms with Gasteiger partial charge in [0.2, 0.25) is 5.88 Å². The van der Waals surface area contributed by atoms with Gasteiger partial charge in [0.15, 0.2) is 17.6 Å². The average molecular weight is 287 g/mol. The fourth-order valence-electron chi connectivity index (χ4n) is 2.07. The Bertz CT molecular complexity index is 668. The molecule has 1 aromatic carbocycles. The number of pyridine rings is 1. The second-order valence-corrected chi connectivity index (χ2v) is 4.52. The number of ether oxygens (including phenoxy) is 3. The predicted molar refractivity (Wildman–Crippen MR) is 73.1 cm³/mol. The lowest BCUT2D eigenvalue weighted by atomic mass is 10.1. The minimum Gasteiger partial charge on any atom is -0.485 e. The lowest BCUT2D eigenvalue weighted by Crippen LogP contribution is -2.22. The fraction of sp³-hybridized carbons (Fsp3) is 0.200. The minimum atomic E-state index is -0.997. The summed E-state index contributed by atoms with van der Waals surface area (Å²) < 4.78 is 16.4. The standard InChI is InChI=1S/C15H13NO5/c1-19-14-5-3-10(7-16-14)13-8-20-12-6-9(15(17)18)2-4-11(12)21-13/h2-7,13H,8H2,1H3,(H,17,18). The summed E-state index contributed by atoms with van der Waals surface area (Å²) in [5, 5.41) is 8.95. The van der Waals surface area contributed by atoms with Crippen molar-refractivity contribution in [2.45, 2.75) is 6.10 Å². The van der Waals surface area contributed by atoms with Crippen molar-refractivity contribution < 1.29 is 24.1 Å². The first kappa shape index (κ1) is 13.2. The highest BCUT2D eigenvalue weighted by atomic mass is 16.6. The van der Waals surface area contributed by atoms with Crippen LogP contribution in [0.2, 0.25) is 0 Å². The van der Waals surface area contributed by atoms with Gasteiger partial charge in [-0.05, 0) is 24.3 Å². The molecule has 0 fully saturated rings. The van der Waals surface area contributed by atoms with Gasteiger partial charge in [-0.25, -0.2) is 9.78 Å². The second-order valence-electron chi connectivity index (χ2n) is 4.52. The van der Waals surface area contributed by atoms with Crippen LogP contribution in [0.3, 0.4) is 0 Å². The van der Waals surface area contributed by atoms with E-state index < -0.39 is 5.97 Å². The van der Waals surface area contributed by atoms with E-state index in [1.54, 1.807) is 25.4 Å². The number of carbonyl (C=O) groups is 1. The molecule has 1 unspecified atom stereocenters. The second kappa shape index (κ2) is 5.32. The Morgan fingerprint density at radius 3 is 2.86 bits per heavy atom. The van der Waals surface area contributed by atoms with Gasteiger partial charge in [-0.1, -0.05) is 0 Å². The van der Waals surface area contributed by atoms with Crippen molar-refractivity contribution in [2.24, 2.45) is 0 Å². The molecule has 0 bridgehead atoms. The normalized spacial score (nSPS) is 16.3. The molecule has 0 spiro atoms. The Balaban J connectivity index is 1.82. The fourth-order valence-corrected chi connectivity index (χ4v) is 2.07. The first-order valence-corrected chi connectivity index (χ1v) is 6.34. The Kier molecular flexibility index (Phi) is 3.35. The Morgan fingerprint density at radius 2 is 2.19 bits per heavy atom. The Labute approximate surface area is 120 Å². The lowest BCUT2D eigenvalue weighted by Gasteiger charge is -2.26. The van der Waals surface area contributed by atoms with Gasteiger partial charge in [-0.2, -0.15) is 0 Å². The number of fused-ring (bicyclic) bond motifs is 1. The highest BCUT2D eigenvalue weighted by Crippen LogP contribution is 2.36. The third-order valence-electron chi connectivity index (χ3n) is 3.19. The summed E-state index contributed by atoms with van der Waals surface area (Å²) in [6, 6.07) is 8.15. The van der Waals surface area contributed by atoms with Gasteiger partial charge in [-0.15, -0.1) is 0 Å². The zero-order chi connectivity index (χ0) is 14.8. The summed E-state index contributed by atoms with van der Waals surface area (Å²) >= 11 is 0. The molecule has 0 saturated carbocycles.